The first-order chi connectivity index (χ1) is 30.5. The van der Waals surface area contributed by atoms with E-state index in [2.05, 4.69) is 50.4 Å². The number of esters is 1. The lowest BCUT2D eigenvalue weighted by atomic mass is 10.0. The van der Waals surface area contributed by atoms with Gasteiger partial charge < -0.3 is 20.3 Å². The minimum atomic E-state index is -0.797. The second kappa shape index (κ2) is 49.8. The van der Waals surface area contributed by atoms with Gasteiger partial charge in [0.1, 0.15) is 6.10 Å². The van der Waals surface area contributed by atoms with Gasteiger partial charge in [-0.1, -0.05) is 262 Å². The molecule has 6 nitrogen and oxygen atoms in total. The van der Waals surface area contributed by atoms with Gasteiger partial charge in [0, 0.05) is 6.42 Å². The number of nitrogens with one attached hydrogen (secondary N) is 1. The van der Waals surface area contributed by atoms with Gasteiger partial charge in [-0.05, 0) is 44.9 Å². The fourth-order valence-corrected chi connectivity index (χ4v) is 8.21. The van der Waals surface area contributed by atoms with E-state index in [1.54, 1.807) is 0 Å². The average Bonchev–Trinajstić information content (AvgIpc) is 3.26. The Kier molecular flexibility index (Phi) is 48.1. The number of hydrogen-bond donors (Lipinski definition) is 3. The molecule has 1 amide bonds. The van der Waals surface area contributed by atoms with Gasteiger partial charge in [-0.3, -0.25) is 9.59 Å². The molecule has 3 atom stereocenters. The van der Waals surface area contributed by atoms with Crippen LogP contribution in [-0.2, 0) is 14.3 Å². The monoisotopic (exact) mass is 870 g/mol. The number of aliphatic hydroxyl groups is 2. The molecule has 3 unspecified atom stereocenters. The molecule has 62 heavy (non-hydrogen) atoms. The molecule has 0 heterocycles. The van der Waals surface area contributed by atoms with Gasteiger partial charge in [-0.2, -0.15) is 0 Å². The van der Waals surface area contributed by atoms with Crippen molar-refractivity contribution in [3.63, 3.8) is 0 Å². The molecule has 0 radical (unpaired) electrons. The van der Waals surface area contributed by atoms with E-state index in [0.29, 0.717) is 19.3 Å². The summed E-state index contributed by atoms with van der Waals surface area (Å²) >= 11 is 0. The maximum absolute atomic E-state index is 13.2. The molecule has 0 aromatic rings. The smallest absolute Gasteiger partial charge is 0.306 e. The second-order valence-corrected chi connectivity index (χ2v) is 18.4. The predicted octanol–water partition coefficient (Wildman–Crippen LogP) is 16.2. The minimum absolute atomic E-state index is 0.0540. The van der Waals surface area contributed by atoms with Gasteiger partial charge in [-0.15, -0.1) is 0 Å². The molecule has 0 saturated heterocycles. The van der Waals surface area contributed by atoms with Gasteiger partial charge in [0.15, 0.2) is 0 Å². The van der Waals surface area contributed by atoms with E-state index in [1.807, 2.05) is 24.3 Å². The van der Waals surface area contributed by atoms with E-state index in [-0.39, 0.29) is 24.9 Å². The van der Waals surface area contributed by atoms with Crippen LogP contribution < -0.4 is 5.32 Å². The highest BCUT2D eigenvalue weighted by Gasteiger charge is 2.24. The van der Waals surface area contributed by atoms with Crippen LogP contribution in [0.3, 0.4) is 0 Å². The van der Waals surface area contributed by atoms with Crippen molar-refractivity contribution in [2.45, 2.75) is 289 Å². The third-order valence-corrected chi connectivity index (χ3v) is 12.3. The van der Waals surface area contributed by atoms with Crippen LogP contribution >= 0.6 is 0 Å². The molecule has 0 bridgehead atoms. The lowest BCUT2D eigenvalue weighted by Gasteiger charge is -2.24. The van der Waals surface area contributed by atoms with Crippen LogP contribution in [-0.4, -0.2) is 46.9 Å². The standard InChI is InChI=1S/C56H103NO5/c1-4-7-10-13-16-19-22-25-27-28-30-33-36-39-42-45-48-54(59)53(51-58)57-55(60)50-52(47-44-41-38-35-32-29-24-21-18-15-12-9-6-3)62-56(61)49-46-43-40-37-34-31-26-23-20-17-14-11-8-5-2/h9,12,15,18,21,24,29,32,52-54,58-59H,4-8,10-11,13-14,16-17,19-20,22-23,25-28,30-31,33-51H2,1-3H3,(H,57,60)/b12-9+,18-15+,24-21+,32-29-. The zero-order valence-corrected chi connectivity index (χ0v) is 41.3. The van der Waals surface area contributed by atoms with Crippen molar-refractivity contribution in [1.29, 1.82) is 0 Å². The lowest BCUT2D eigenvalue weighted by molar-refractivity contribution is -0.151. The van der Waals surface area contributed by atoms with Gasteiger partial charge in [-0.25, -0.2) is 0 Å². The number of allylic oxidation sites excluding steroid dienone is 8. The Morgan fingerprint density at radius 1 is 0.484 bits per heavy atom. The van der Waals surface area contributed by atoms with Gasteiger partial charge in [0.2, 0.25) is 5.91 Å². The van der Waals surface area contributed by atoms with Gasteiger partial charge in [0.05, 0.1) is 25.2 Å². The zero-order valence-electron chi connectivity index (χ0n) is 41.3. The summed E-state index contributed by atoms with van der Waals surface area (Å²) in [7, 11) is 0. The maximum Gasteiger partial charge on any atom is 0.306 e. The van der Waals surface area contributed by atoms with Crippen molar-refractivity contribution >= 4 is 11.9 Å². The Hall–Kier alpha value is -2.18. The van der Waals surface area contributed by atoms with Crippen molar-refractivity contribution in [3.05, 3.63) is 48.6 Å². The van der Waals surface area contributed by atoms with Crippen LogP contribution in [0.5, 0.6) is 0 Å². The summed E-state index contributed by atoms with van der Waals surface area (Å²) in [6.07, 6.45) is 60.3. The third-order valence-electron chi connectivity index (χ3n) is 12.3. The van der Waals surface area contributed by atoms with Crippen molar-refractivity contribution in [2.75, 3.05) is 6.61 Å². The molecular formula is C56H103NO5. The third kappa shape index (κ3) is 44.4. The first-order valence-electron chi connectivity index (χ1n) is 26.9. The van der Waals surface area contributed by atoms with Crippen LogP contribution in [0.4, 0.5) is 0 Å². The topological polar surface area (TPSA) is 95.9 Å². The van der Waals surface area contributed by atoms with E-state index in [4.69, 9.17) is 4.74 Å². The molecule has 362 valence electrons. The van der Waals surface area contributed by atoms with E-state index >= 15 is 0 Å². The van der Waals surface area contributed by atoms with E-state index in [1.165, 1.54) is 154 Å². The first-order valence-corrected chi connectivity index (χ1v) is 26.9. The molecule has 0 aliphatic heterocycles. The SMILES string of the molecule is CC/C=C/C=C/C=C/C=C\CCCCCC(CC(=O)NC(CO)C(O)CCCCCCCCCCCCCCCCCC)OC(=O)CCCCCCCCCCCCCCCC. The molecule has 0 aromatic heterocycles. The Morgan fingerprint density at radius 2 is 0.871 bits per heavy atom. The van der Waals surface area contributed by atoms with Crippen molar-refractivity contribution in [2.24, 2.45) is 0 Å². The second-order valence-electron chi connectivity index (χ2n) is 18.4. The van der Waals surface area contributed by atoms with Gasteiger partial charge >= 0.3 is 5.97 Å². The van der Waals surface area contributed by atoms with E-state index < -0.39 is 18.2 Å². The number of carbonyl (C=O) groups excluding carboxylic acids is 2. The van der Waals surface area contributed by atoms with Crippen LogP contribution in [0.25, 0.3) is 0 Å². The summed E-state index contributed by atoms with van der Waals surface area (Å²) in [6.45, 7) is 6.35. The lowest BCUT2D eigenvalue weighted by Crippen LogP contribution is -2.46. The Balaban J connectivity index is 4.56. The molecule has 3 N–H and O–H groups in total. The largest absolute Gasteiger partial charge is 0.462 e. The molecule has 0 spiro atoms. The summed E-state index contributed by atoms with van der Waals surface area (Å²) in [5.41, 5.74) is 0. The maximum atomic E-state index is 13.2. The molecule has 6 heteroatoms. The highest BCUT2D eigenvalue weighted by molar-refractivity contribution is 5.77. The van der Waals surface area contributed by atoms with Gasteiger partial charge in [0.25, 0.3) is 0 Å². The molecule has 0 aliphatic rings. The molecule has 0 aromatic carbocycles. The summed E-state index contributed by atoms with van der Waals surface area (Å²) in [5, 5.41) is 23.8. The predicted molar refractivity (Wildman–Crippen MR) is 269 cm³/mol. The number of amides is 1. The normalized spacial score (nSPS) is 13.6. The molecule has 0 fully saturated rings. The Bertz CT molecular complexity index is 1070. The van der Waals surface area contributed by atoms with Crippen LogP contribution in [0, 0.1) is 0 Å². The number of rotatable bonds is 48. The average molecular weight is 870 g/mol. The fourth-order valence-electron chi connectivity index (χ4n) is 8.21. The van der Waals surface area contributed by atoms with Crippen molar-refractivity contribution in [3.8, 4) is 0 Å². The van der Waals surface area contributed by atoms with E-state index in [0.717, 1.165) is 70.6 Å². The number of ether oxygens (including phenoxy) is 1. The summed E-state index contributed by atoms with van der Waals surface area (Å²) in [6, 6.07) is -0.713. The minimum Gasteiger partial charge on any atom is -0.462 e. The first kappa shape index (κ1) is 59.8. The molecule has 0 rings (SSSR count). The van der Waals surface area contributed by atoms with E-state index in [9.17, 15) is 19.8 Å². The van der Waals surface area contributed by atoms with Crippen molar-refractivity contribution < 1.29 is 24.5 Å². The number of hydrogen-bond acceptors (Lipinski definition) is 5. The molecule has 0 aliphatic carbocycles. The van der Waals surface area contributed by atoms with Crippen molar-refractivity contribution in [1.82, 2.24) is 5.32 Å². The summed E-state index contributed by atoms with van der Waals surface area (Å²) in [5.74, 6) is -0.503. The van der Waals surface area contributed by atoms with Crippen LogP contribution in [0.15, 0.2) is 48.6 Å². The Labute approximate surface area is 385 Å². The highest BCUT2D eigenvalue weighted by atomic mass is 16.5. The zero-order chi connectivity index (χ0) is 45.2. The van der Waals surface area contributed by atoms with Crippen LogP contribution in [0.1, 0.15) is 271 Å². The number of unbranched alkanes of at least 4 members (excludes halogenated alkanes) is 31. The summed E-state index contributed by atoms with van der Waals surface area (Å²) < 4.78 is 5.92. The molecular weight excluding hydrogens is 767 g/mol. The number of aliphatic hydroxyl groups excluding tert-OH is 2. The van der Waals surface area contributed by atoms with Crippen LogP contribution in [0.2, 0.25) is 0 Å². The fraction of sp³-hybridized carbons (Fsp3) is 0.821. The highest BCUT2D eigenvalue weighted by Crippen LogP contribution is 2.18. The molecule has 0 saturated carbocycles. The Morgan fingerprint density at radius 3 is 1.32 bits per heavy atom. The summed E-state index contributed by atoms with van der Waals surface area (Å²) in [4.78, 5) is 26.2. The number of carbonyl (C=O) groups is 2. The quantitative estimate of drug-likeness (QED) is 0.0322.